The van der Waals surface area contributed by atoms with E-state index in [4.69, 9.17) is 4.74 Å². The average molecular weight is 499 g/mol. The van der Waals surface area contributed by atoms with Crippen molar-refractivity contribution in [2.75, 3.05) is 39.1 Å². The molecule has 0 radical (unpaired) electrons. The van der Waals surface area contributed by atoms with Crippen LogP contribution in [-0.4, -0.2) is 68.3 Å². The van der Waals surface area contributed by atoms with E-state index in [2.05, 4.69) is 27.5 Å². The molecule has 2 heterocycles. The highest BCUT2D eigenvalue weighted by atomic mass is 32.2. The van der Waals surface area contributed by atoms with Gasteiger partial charge in [-0.1, -0.05) is 0 Å². The third kappa shape index (κ3) is 5.52. The summed E-state index contributed by atoms with van der Waals surface area (Å²) >= 11 is 0. The minimum absolute atomic E-state index is 0.102. The number of amides is 1. The molecule has 2 N–H and O–H groups in total. The van der Waals surface area contributed by atoms with Crippen LogP contribution in [0.15, 0.2) is 53.6 Å². The molecule has 0 bridgehead atoms. The number of sulfonamides is 1. The Morgan fingerprint density at radius 1 is 1.17 bits per heavy atom. The van der Waals surface area contributed by atoms with Crippen molar-refractivity contribution in [2.24, 2.45) is 0 Å². The Bertz CT molecular complexity index is 1280. The summed E-state index contributed by atoms with van der Waals surface area (Å²) < 4.78 is 31.9. The van der Waals surface area contributed by atoms with E-state index in [1.165, 1.54) is 27.4 Å². The molecule has 0 unspecified atom stereocenters. The fraction of sp³-hybridized carbons (Fsp3) is 0.423. The van der Waals surface area contributed by atoms with Crippen molar-refractivity contribution in [2.45, 2.75) is 43.5 Å². The summed E-state index contributed by atoms with van der Waals surface area (Å²) in [5.74, 6) is 1.19. The first-order valence-electron chi connectivity index (χ1n) is 11.9. The molecular weight excluding hydrogens is 464 g/mol. The summed E-state index contributed by atoms with van der Waals surface area (Å²) in [6.07, 6.45) is 4.06. The van der Waals surface area contributed by atoms with Crippen molar-refractivity contribution in [1.82, 2.24) is 14.2 Å². The number of rotatable bonds is 8. The topological polar surface area (TPSA) is 94.7 Å². The van der Waals surface area contributed by atoms with Crippen LogP contribution < -0.4 is 10.1 Å². The third-order valence-corrected chi connectivity index (χ3v) is 8.91. The molecule has 4 rings (SSSR count). The molecule has 3 aromatic rings. The molecule has 1 fully saturated rings. The maximum absolute atomic E-state index is 12.6. The lowest BCUT2D eigenvalue weighted by Crippen LogP contribution is -2.38. The average Bonchev–Trinajstić information content (AvgIpc) is 3.27. The summed E-state index contributed by atoms with van der Waals surface area (Å²) in [5.41, 5.74) is 3.00. The van der Waals surface area contributed by atoms with Crippen molar-refractivity contribution in [3.63, 3.8) is 0 Å². The minimum Gasteiger partial charge on any atom is -0.497 e. The number of hydrogen-bond acceptors (Lipinski definition) is 5. The number of carbonyl (C=O) groups excluding carboxylic acids is 1. The second-order valence-corrected chi connectivity index (χ2v) is 11.4. The zero-order chi connectivity index (χ0) is 25.2. The van der Waals surface area contributed by atoms with E-state index in [0.29, 0.717) is 18.2 Å². The SMILES string of the molecule is COc1ccc2[nH]cc(C3CCN(CC(=O)Nc4ccc(S(=O)(=O)N(C)C(C)C)cc4)CC3)c2c1. The van der Waals surface area contributed by atoms with E-state index in [0.717, 1.165) is 37.2 Å². The van der Waals surface area contributed by atoms with E-state index in [-0.39, 0.29) is 16.8 Å². The van der Waals surface area contributed by atoms with E-state index in [1.54, 1.807) is 26.3 Å². The van der Waals surface area contributed by atoms with Crippen molar-refractivity contribution >= 4 is 32.5 Å². The van der Waals surface area contributed by atoms with Gasteiger partial charge in [0, 0.05) is 35.9 Å². The maximum atomic E-state index is 12.6. The van der Waals surface area contributed by atoms with Crippen LogP contribution in [0, 0.1) is 0 Å². The van der Waals surface area contributed by atoms with Crippen molar-refractivity contribution in [3.05, 3.63) is 54.2 Å². The Morgan fingerprint density at radius 3 is 2.49 bits per heavy atom. The first-order valence-corrected chi connectivity index (χ1v) is 13.4. The minimum atomic E-state index is -3.54. The molecule has 0 atom stereocenters. The Labute approximate surface area is 207 Å². The van der Waals surface area contributed by atoms with Gasteiger partial charge in [0.25, 0.3) is 0 Å². The van der Waals surface area contributed by atoms with Gasteiger partial charge in [0.15, 0.2) is 0 Å². The largest absolute Gasteiger partial charge is 0.497 e. The number of fused-ring (bicyclic) bond motifs is 1. The molecule has 0 spiro atoms. The van der Waals surface area contributed by atoms with E-state index < -0.39 is 10.0 Å². The standard InChI is InChI=1S/C26H34N4O4S/c1-18(2)29(3)35(32,33)22-8-5-20(6-9-22)28-26(31)17-30-13-11-19(12-14-30)24-16-27-25-10-7-21(34-4)15-23(24)25/h5-10,15-16,18-19,27H,11-14,17H2,1-4H3,(H,28,31). The van der Waals surface area contributed by atoms with Gasteiger partial charge in [0.1, 0.15) is 5.75 Å². The lowest BCUT2D eigenvalue weighted by Gasteiger charge is -2.31. The van der Waals surface area contributed by atoms with Gasteiger partial charge >= 0.3 is 0 Å². The highest BCUT2D eigenvalue weighted by Gasteiger charge is 2.25. The Hall–Kier alpha value is -2.88. The number of anilines is 1. The predicted molar refractivity (Wildman–Crippen MR) is 138 cm³/mol. The van der Waals surface area contributed by atoms with Crippen LogP contribution in [0.4, 0.5) is 5.69 Å². The predicted octanol–water partition coefficient (Wildman–Crippen LogP) is 4.02. The van der Waals surface area contributed by atoms with Gasteiger partial charge in [-0.05, 0) is 93.7 Å². The highest BCUT2D eigenvalue weighted by molar-refractivity contribution is 7.89. The molecule has 9 heteroatoms. The normalized spacial score (nSPS) is 15.7. The number of ether oxygens (including phenoxy) is 1. The molecule has 0 aliphatic carbocycles. The molecule has 2 aromatic carbocycles. The fourth-order valence-corrected chi connectivity index (χ4v) is 5.91. The number of aromatic nitrogens is 1. The first-order chi connectivity index (χ1) is 16.7. The summed E-state index contributed by atoms with van der Waals surface area (Å²) in [5, 5.41) is 4.09. The number of nitrogens with one attached hydrogen (secondary N) is 2. The number of methoxy groups -OCH3 is 1. The van der Waals surface area contributed by atoms with Crippen molar-refractivity contribution in [3.8, 4) is 5.75 Å². The molecule has 1 saturated heterocycles. The number of nitrogens with zero attached hydrogens (tertiary/aromatic N) is 2. The third-order valence-electron chi connectivity index (χ3n) is 6.86. The monoisotopic (exact) mass is 498 g/mol. The van der Waals surface area contributed by atoms with E-state index in [9.17, 15) is 13.2 Å². The van der Waals surface area contributed by atoms with Gasteiger partial charge in [-0.25, -0.2) is 8.42 Å². The molecule has 1 aliphatic rings. The molecular formula is C26H34N4O4S. The van der Waals surface area contributed by atoms with Gasteiger partial charge in [-0.15, -0.1) is 0 Å². The van der Waals surface area contributed by atoms with Crippen LogP contribution in [0.1, 0.15) is 38.2 Å². The van der Waals surface area contributed by atoms with Crippen LogP contribution in [0.2, 0.25) is 0 Å². The van der Waals surface area contributed by atoms with Crippen LogP contribution in [0.5, 0.6) is 5.75 Å². The van der Waals surface area contributed by atoms with Gasteiger partial charge in [0.05, 0.1) is 18.6 Å². The Kier molecular flexibility index (Phi) is 7.49. The van der Waals surface area contributed by atoms with E-state index >= 15 is 0 Å². The number of benzene rings is 2. The number of H-pyrrole nitrogens is 1. The summed E-state index contributed by atoms with van der Waals surface area (Å²) in [6.45, 7) is 5.64. The quantitative estimate of drug-likeness (QED) is 0.489. The molecule has 8 nitrogen and oxygen atoms in total. The second-order valence-electron chi connectivity index (χ2n) is 9.39. The molecule has 0 saturated carbocycles. The van der Waals surface area contributed by atoms with Crippen LogP contribution in [0.25, 0.3) is 10.9 Å². The Balaban J connectivity index is 1.31. The summed E-state index contributed by atoms with van der Waals surface area (Å²) in [6, 6.07) is 12.3. The molecule has 35 heavy (non-hydrogen) atoms. The fourth-order valence-electron chi connectivity index (χ4n) is 4.55. The number of carbonyl (C=O) groups is 1. The number of likely N-dealkylation sites (tertiary alicyclic amines) is 1. The zero-order valence-electron chi connectivity index (χ0n) is 20.7. The van der Waals surface area contributed by atoms with Gasteiger partial charge < -0.3 is 15.0 Å². The molecule has 188 valence electrons. The lowest BCUT2D eigenvalue weighted by molar-refractivity contribution is -0.117. The number of aromatic amines is 1. The summed E-state index contributed by atoms with van der Waals surface area (Å²) in [4.78, 5) is 18.4. The van der Waals surface area contributed by atoms with Gasteiger partial charge in [0.2, 0.25) is 15.9 Å². The number of hydrogen-bond donors (Lipinski definition) is 2. The zero-order valence-corrected chi connectivity index (χ0v) is 21.6. The molecule has 1 amide bonds. The first kappa shape index (κ1) is 25.2. The van der Waals surface area contributed by atoms with Crippen LogP contribution in [0.3, 0.4) is 0 Å². The Morgan fingerprint density at radius 2 is 1.86 bits per heavy atom. The second kappa shape index (κ2) is 10.4. The van der Waals surface area contributed by atoms with Gasteiger partial charge in [-0.3, -0.25) is 9.69 Å². The number of piperidine rings is 1. The maximum Gasteiger partial charge on any atom is 0.243 e. The molecule has 1 aliphatic heterocycles. The van der Waals surface area contributed by atoms with Crippen molar-refractivity contribution < 1.29 is 17.9 Å². The summed E-state index contributed by atoms with van der Waals surface area (Å²) in [7, 11) is -0.302. The van der Waals surface area contributed by atoms with Gasteiger partial charge in [-0.2, -0.15) is 4.31 Å². The van der Waals surface area contributed by atoms with Crippen LogP contribution in [-0.2, 0) is 14.8 Å². The van der Waals surface area contributed by atoms with Crippen LogP contribution >= 0.6 is 0 Å². The lowest BCUT2D eigenvalue weighted by atomic mass is 9.89. The van der Waals surface area contributed by atoms with Crippen molar-refractivity contribution in [1.29, 1.82) is 0 Å². The van der Waals surface area contributed by atoms with E-state index in [1.807, 2.05) is 26.0 Å². The highest BCUT2D eigenvalue weighted by Crippen LogP contribution is 2.34. The smallest absolute Gasteiger partial charge is 0.243 e. The molecule has 1 aromatic heterocycles.